The zero-order valence-electron chi connectivity index (χ0n) is 11.9. The van der Waals surface area contributed by atoms with Crippen LogP contribution in [0.25, 0.3) is 32.6 Å². The summed E-state index contributed by atoms with van der Waals surface area (Å²) in [6, 6.07) is 16.6. The first kappa shape index (κ1) is 12.6. The summed E-state index contributed by atoms with van der Waals surface area (Å²) >= 11 is 6.10. The van der Waals surface area contributed by atoms with Crippen LogP contribution in [0, 0.1) is 13.8 Å². The Morgan fingerprint density at radius 1 is 0.810 bits per heavy atom. The molecule has 4 aromatic rings. The lowest BCUT2D eigenvalue weighted by molar-refractivity contribution is 1.40. The molecule has 0 saturated heterocycles. The summed E-state index contributed by atoms with van der Waals surface area (Å²) in [4.78, 5) is 4.88. The van der Waals surface area contributed by atoms with E-state index >= 15 is 0 Å². The Balaban J connectivity index is 2.30. The van der Waals surface area contributed by atoms with Gasteiger partial charge in [-0.05, 0) is 48.6 Å². The molecule has 1 aromatic heterocycles. The van der Waals surface area contributed by atoms with Crippen molar-refractivity contribution in [3.63, 3.8) is 0 Å². The molecule has 0 radical (unpaired) electrons. The van der Waals surface area contributed by atoms with Gasteiger partial charge in [-0.25, -0.2) is 4.98 Å². The number of fused-ring (bicyclic) bond motifs is 4. The van der Waals surface area contributed by atoms with Gasteiger partial charge in [0.15, 0.2) is 0 Å². The summed E-state index contributed by atoms with van der Waals surface area (Å²) in [5.74, 6) is 0. The lowest BCUT2D eigenvalue weighted by Gasteiger charge is -2.12. The van der Waals surface area contributed by atoms with Gasteiger partial charge in [0.05, 0.1) is 11.0 Å². The molecule has 0 bridgehead atoms. The molecule has 102 valence electrons. The molecule has 0 aliphatic carbocycles. The highest BCUT2D eigenvalue weighted by Crippen LogP contribution is 2.33. The summed E-state index contributed by atoms with van der Waals surface area (Å²) in [6.07, 6.45) is 0. The van der Waals surface area contributed by atoms with Gasteiger partial charge in [-0.1, -0.05) is 41.9 Å². The van der Waals surface area contributed by atoms with E-state index in [4.69, 9.17) is 16.6 Å². The Kier molecular flexibility index (Phi) is 2.66. The number of hydrogen-bond acceptors (Lipinski definition) is 1. The molecule has 0 aliphatic rings. The molecule has 3 aromatic carbocycles. The fourth-order valence-corrected chi connectivity index (χ4v) is 3.22. The molecule has 0 spiro atoms. The van der Waals surface area contributed by atoms with Crippen molar-refractivity contribution < 1.29 is 0 Å². The number of nitrogens with zero attached hydrogens (tertiary/aromatic N) is 1. The highest BCUT2D eigenvalue weighted by atomic mass is 35.5. The van der Waals surface area contributed by atoms with Crippen molar-refractivity contribution in [2.24, 2.45) is 0 Å². The van der Waals surface area contributed by atoms with E-state index in [1.807, 2.05) is 18.2 Å². The molecule has 0 atom stereocenters. The number of pyridine rings is 1. The minimum absolute atomic E-state index is 0.725. The minimum Gasteiger partial charge on any atom is -0.247 e. The van der Waals surface area contributed by atoms with Gasteiger partial charge >= 0.3 is 0 Å². The predicted molar refractivity (Wildman–Crippen MR) is 91.2 cm³/mol. The summed E-state index contributed by atoms with van der Waals surface area (Å²) in [5.41, 5.74) is 4.63. The second-order valence-corrected chi connectivity index (χ2v) is 5.95. The Morgan fingerprint density at radius 3 is 2.33 bits per heavy atom. The maximum atomic E-state index is 6.10. The van der Waals surface area contributed by atoms with Crippen molar-refractivity contribution in [1.82, 2.24) is 4.98 Å². The van der Waals surface area contributed by atoms with Crippen LogP contribution in [-0.2, 0) is 0 Å². The SMILES string of the molecule is Cc1c(C)c2cc3ccc(Cl)cc3nc2c2ccccc12. The Labute approximate surface area is 128 Å². The van der Waals surface area contributed by atoms with Gasteiger partial charge in [0, 0.05) is 21.2 Å². The second kappa shape index (κ2) is 4.44. The van der Waals surface area contributed by atoms with Crippen molar-refractivity contribution in [1.29, 1.82) is 0 Å². The van der Waals surface area contributed by atoms with Crippen molar-refractivity contribution in [2.75, 3.05) is 0 Å². The molecular formula is C19H14ClN. The summed E-state index contributed by atoms with van der Waals surface area (Å²) < 4.78 is 0. The number of aryl methyl sites for hydroxylation is 2. The standard InChI is InChI=1S/C19H14ClN/c1-11-12(2)17-9-13-7-8-14(20)10-18(13)21-19(17)16-6-4-3-5-15(11)16/h3-10H,1-2H3. The van der Waals surface area contributed by atoms with E-state index < -0.39 is 0 Å². The Morgan fingerprint density at radius 2 is 1.52 bits per heavy atom. The molecule has 4 rings (SSSR count). The van der Waals surface area contributed by atoms with Crippen molar-refractivity contribution in [3.8, 4) is 0 Å². The van der Waals surface area contributed by atoms with Crippen LogP contribution in [0.2, 0.25) is 5.02 Å². The topological polar surface area (TPSA) is 12.9 Å². The first-order valence-electron chi connectivity index (χ1n) is 7.03. The van der Waals surface area contributed by atoms with E-state index in [0.29, 0.717) is 0 Å². The van der Waals surface area contributed by atoms with Crippen LogP contribution in [0.3, 0.4) is 0 Å². The zero-order valence-corrected chi connectivity index (χ0v) is 12.7. The highest BCUT2D eigenvalue weighted by molar-refractivity contribution is 6.31. The lowest BCUT2D eigenvalue weighted by atomic mass is 9.95. The number of aromatic nitrogens is 1. The molecule has 0 unspecified atom stereocenters. The zero-order chi connectivity index (χ0) is 14.6. The van der Waals surface area contributed by atoms with Gasteiger partial charge in [-0.3, -0.25) is 0 Å². The van der Waals surface area contributed by atoms with Gasteiger partial charge < -0.3 is 0 Å². The third kappa shape index (κ3) is 1.81. The van der Waals surface area contributed by atoms with Crippen LogP contribution < -0.4 is 0 Å². The van der Waals surface area contributed by atoms with Crippen molar-refractivity contribution >= 4 is 44.2 Å². The molecule has 0 fully saturated rings. The molecule has 21 heavy (non-hydrogen) atoms. The molecule has 0 N–H and O–H groups in total. The average Bonchev–Trinajstić information content (AvgIpc) is 2.51. The Bertz CT molecular complexity index is 1020. The molecule has 1 nitrogen and oxygen atoms in total. The maximum Gasteiger partial charge on any atom is 0.0790 e. The molecule has 0 aliphatic heterocycles. The summed E-state index contributed by atoms with van der Waals surface area (Å²) in [7, 11) is 0. The average molecular weight is 292 g/mol. The van der Waals surface area contributed by atoms with E-state index in [2.05, 4.69) is 44.2 Å². The highest BCUT2D eigenvalue weighted by Gasteiger charge is 2.10. The van der Waals surface area contributed by atoms with E-state index in [9.17, 15) is 0 Å². The van der Waals surface area contributed by atoms with Gasteiger partial charge in [-0.15, -0.1) is 0 Å². The molecule has 1 heterocycles. The summed E-state index contributed by atoms with van der Waals surface area (Å²) in [6.45, 7) is 4.36. The third-order valence-corrected chi connectivity index (χ3v) is 4.57. The second-order valence-electron chi connectivity index (χ2n) is 5.52. The molecule has 0 amide bonds. The van der Waals surface area contributed by atoms with E-state index in [1.54, 1.807) is 0 Å². The van der Waals surface area contributed by atoms with E-state index in [0.717, 1.165) is 21.4 Å². The van der Waals surface area contributed by atoms with Crippen LogP contribution >= 0.6 is 11.6 Å². The first-order valence-corrected chi connectivity index (χ1v) is 7.41. The quantitative estimate of drug-likeness (QED) is 0.294. The van der Waals surface area contributed by atoms with Crippen LogP contribution in [0.1, 0.15) is 11.1 Å². The van der Waals surface area contributed by atoms with Crippen LogP contribution in [-0.4, -0.2) is 4.98 Å². The Hall–Kier alpha value is -2.12. The van der Waals surface area contributed by atoms with Gasteiger partial charge in [-0.2, -0.15) is 0 Å². The van der Waals surface area contributed by atoms with E-state index in [1.165, 1.54) is 27.3 Å². The summed E-state index contributed by atoms with van der Waals surface area (Å²) in [5, 5.41) is 5.56. The number of hydrogen-bond donors (Lipinski definition) is 0. The fourth-order valence-electron chi connectivity index (χ4n) is 3.05. The number of rotatable bonds is 0. The predicted octanol–water partition coefficient (Wildman–Crippen LogP) is 5.81. The minimum atomic E-state index is 0.725. The largest absolute Gasteiger partial charge is 0.247 e. The third-order valence-electron chi connectivity index (χ3n) is 4.33. The van der Waals surface area contributed by atoms with Crippen LogP contribution in [0.4, 0.5) is 0 Å². The number of benzene rings is 3. The van der Waals surface area contributed by atoms with Gasteiger partial charge in [0.2, 0.25) is 0 Å². The molecule has 0 saturated carbocycles. The van der Waals surface area contributed by atoms with Crippen LogP contribution in [0.15, 0.2) is 48.5 Å². The lowest BCUT2D eigenvalue weighted by Crippen LogP contribution is -1.91. The monoisotopic (exact) mass is 291 g/mol. The molecular weight excluding hydrogens is 278 g/mol. The van der Waals surface area contributed by atoms with Gasteiger partial charge in [0.1, 0.15) is 0 Å². The van der Waals surface area contributed by atoms with Gasteiger partial charge in [0.25, 0.3) is 0 Å². The normalized spacial score (nSPS) is 11.6. The molecule has 2 heteroatoms. The maximum absolute atomic E-state index is 6.10. The van der Waals surface area contributed by atoms with Crippen LogP contribution in [0.5, 0.6) is 0 Å². The smallest absolute Gasteiger partial charge is 0.0790 e. The van der Waals surface area contributed by atoms with Crippen molar-refractivity contribution in [2.45, 2.75) is 13.8 Å². The number of halogens is 1. The first-order chi connectivity index (χ1) is 10.1. The fraction of sp³-hybridized carbons (Fsp3) is 0.105. The van der Waals surface area contributed by atoms with Crippen molar-refractivity contribution in [3.05, 3.63) is 64.7 Å². The van der Waals surface area contributed by atoms with E-state index in [-0.39, 0.29) is 0 Å².